The molecule has 2 nitrogen and oxygen atoms in total. The van der Waals surface area contributed by atoms with E-state index in [1.165, 1.54) is 5.19 Å². The molecule has 18 heavy (non-hydrogen) atoms. The Labute approximate surface area is 112 Å². The van der Waals surface area contributed by atoms with E-state index in [-0.39, 0.29) is 5.91 Å². The van der Waals surface area contributed by atoms with E-state index in [4.69, 9.17) is 0 Å². The van der Waals surface area contributed by atoms with Gasteiger partial charge < -0.3 is 4.90 Å². The van der Waals surface area contributed by atoms with Crippen LogP contribution in [0.3, 0.4) is 0 Å². The highest BCUT2D eigenvalue weighted by molar-refractivity contribution is 6.90. The van der Waals surface area contributed by atoms with Gasteiger partial charge in [0, 0.05) is 20.5 Å². The van der Waals surface area contributed by atoms with E-state index < -0.39 is 8.07 Å². The quantitative estimate of drug-likeness (QED) is 0.748. The predicted octanol–water partition coefficient (Wildman–Crippen LogP) is 2.86. The van der Waals surface area contributed by atoms with Crippen LogP contribution in [-0.4, -0.2) is 33.0 Å². The van der Waals surface area contributed by atoms with Crippen LogP contribution in [0.4, 0.5) is 0 Å². The van der Waals surface area contributed by atoms with Crippen molar-refractivity contribution in [3.05, 3.63) is 30.3 Å². The van der Waals surface area contributed by atoms with Gasteiger partial charge in [0.2, 0.25) is 5.91 Å². The van der Waals surface area contributed by atoms with Crippen molar-refractivity contribution >= 4 is 19.2 Å². The molecule has 0 heterocycles. The minimum Gasteiger partial charge on any atom is -0.349 e. The number of nitrogens with zero attached hydrogens (tertiary/aromatic N) is 1. The monoisotopic (exact) mass is 263 g/mol. The van der Waals surface area contributed by atoms with Crippen LogP contribution in [0.1, 0.15) is 19.8 Å². The lowest BCUT2D eigenvalue weighted by Crippen LogP contribution is -2.45. The minimum absolute atomic E-state index is 0.236. The van der Waals surface area contributed by atoms with Crippen molar-refractivity contribution in [1.82, 2.24) is 4.90 Å². The predicted molar refractivity (Wildman–Crippen MR) is 80.9 cm³/mol. The van der Waals surface area contributed by atoms with Crippen LogP contribution in [-0.2, 0) is 4.79 Å². The summed E-state index contributed by atoms with van der Waals surface area (Å²) in [6, 6.07) is 10.8. The Morgan fingerprint density at radius 1 is 1.22 bits per heavy atom. The van der Waals surface area contributed by atoms with Gasteiger partial charge in [-0.25, -0.2) is 0 Å². The third kappa shape index (κ3) is 3.70. The third-order valence-electron chi connectivity index (χ3n) is 4.04. The molecule has 100 valence electrons. The number of hydrogen-bond donors (Lipinski definition) is 0. The largest absolute Gasteiger partial charge is 0.349 e. The molecule has 0 aliphatic rings. The fraction of sp³-hybridized carbons (Fsp3) is 0.533. The SMILES string of the molecule is CC(CCC(=O)N(C)C)[Si](C)(C)c1ccccc1. The number of amides is 1. The minimum atomic E-state index is -1.46. The molecule has 0 saturated carbocycles. The van der Waals surface area contributed by atoms with Crippen molar-refractivity contribution in [1.29, 1.82) is 0 Å². The summed E-state index contributed by atoms with van der Waals surface area (Å²) in [6.45, 7) is 7.09. The fourth-order valence-corrected chi connectivity index (χ4v) is 4.56. The summed E-state index contributed by atoms with van der Waals surface area (Å²) in [5.74, 6) is 0.236. The lowest BCUT2D eigenvalue weighted by Gasteiger charge is -2.30. The van der Waals surface area contributed by atoms with Crippen molar-refractivity contribution in [2.24, 2.45) is 0 Å². The first kappa shape index (κ1) is 15.0. The highest BCUT2D eigenvalue weighted by atomic mass is 28.3. The molecule has 1 rings (SSSR count). The molecule has 0 N–H and O–H groups in total. The molecule has 0 spiro atoms. The summed E-state index contributed by atoms with van der Waals surface area (Å²) in [6.07, 6.45) is 1.66. The van der Waals surface area contributed by atoms with Crippen molar-refractivity contribution in [2.75, 3.05) is 14.1 Å². The first-order chi connectivity index (χ1) is 8.35. The summed E-state index contributed by atoms with van der Waals surface area (Å²) in [5.41, 5.74) is 0.615. The second-order valence-electron chi connectivity index (χ2n) is 5.82. The fourth-order valence-electron chi connectivity index (χ4n) is 2.08. The van der Waals surface area contributed by atoms with Crippen LogP contribution >= 0.6 is 0 Å². The zero-order valence-electron chi connectivity index (χ0n) is 12.2. The molecule has 1 amide bonds. The summed E-state index contributed by atoms with van der Waals surface area (Å²) >= 11 is 0. The number of benzene rings is 1. The standard InChI is InChI=1S/C15H25NOSi/c1-13(11-12-15(17)16(2)3)18(4,5)14-9-7-6-8-10-14/h6-10,13H,11-12H2,1-5H3. The van der Waals surface area contributed by atoms with Gasteiger partial charge in [-0.2, -0.15) is 0 Å². The summed E-state index contributed by atoms with van der Waals surface area (Å²) in [7, 11) is 2.20. The first-order valence-corrected chi connectivity index (χ1v) is 9.69. The second kappa shape index (κ2) is 6.18. The molecule has 0 aliphatic carbocycles. The van der Waals surface area contributed by atoms with E-state index >= 15 is 0 Å². The molecule has 0 radical (unpaired) electrons. The molecule has 0 aromatic heterocycles. The molecule has 0 fully saturated rings. The summed E-state index contributed by atoms with van der Waals surface area (Å²) < 4.78 is 0. The van der Waals surface area contributed by atoms with Gasteiger partial charge >= 0.3 is 0 Å². The average Bonchev–Trinajstić information content (AvgIpc) is 2.36. The molecule has 0 aliphatic heterocycles. The molecule has 1 aromatic rings. The maximum absolute atomic E-state index is 11.7. The summed E-state index contributed by atoms with van der Waals surface area (Å²) in [4.78, 5) is 13.3. The van der Waals surface area contributed by atoms with Gasteiger partial charge in [-0.3, -0.25) is 4.79 Å². The van der Waals surface area contributed by atoms with Gasteiger partial charge in [-0.1, -0.05) is 55.5 Å². The summed E-state index contributed by atoms with van der Waals surface area (Å²) in [5, 5.41) is 1.48. The Morgan fingerprint density at radius 2 is 1.78 bits per heavy atom. The molecular formula is C15H25NOSi. The Morgan fingerprint density at radius 3 is 2.28 bits per heavy atom. The van der Waals surface area contributed by atoms with Crippen molar-refractivity contribution in [3.8, 4) is 0 Å². The van der Waals surface area contributed by atoms with Crippen LogP contribution in [0.25, 0.3) is 0 Å². The third-order valence-corrected chi connectivity index (χ3v) is 8.61. The number of hydrogen-bond acceptors (Lipinski definition) is 1. The van der Waals surface area contributed by atoms with E-state index in [1.54, 1.807) is 4.90 Å². The number of carbonyl (C=O) groups excluding carboxylic acids is 1. The molecule has 0 bridgehead atoms. The highest BCUT2D eigenvalue weighted by Gasteiger charge is 2.30. The zero-order chi connectivity index (χ0) is 13.8. The molecule has 1 unspecified atom stereocenters. The van der Waals surface area contributed by atoms with Crippen molar-refractivity contribution in [3.63, 3.8) is 0 Å². The topological polar surface area (TPSA) is 20.3 Å². The van der Waals surface area contributed by atoms with E-state index in [0.29, 0.717) is 12.0 Å². The van der Waals surface area contributed by atoms with E-state index in [1.807, 2.05) is 14.1 Å². The van der Waals surface area contributed by atoms with E-state index in [0.717, 1.165) is 6.42 Å². The van der Waals surface area contributed by atoms with Gasteiger partial charge in [-0.15, -0.1) is 0 Å². The van der Waals surface area contributed by atoms with Crippen LogP contribution in [0.5, 0.6) is 0 Å². The number of rotatable bonds is 5. The van der Waals surface area contributed by atoms with Gasteiger partial charge in [0.25, 0.3) is 0 Å². The smallest absolute Gasteiger partial charge is 0.222 e. The van der Waals surface area contributed by atoms with Crippen LogP contribution in [0.2, 0.25) is 18.6 Å². The Balaban J connectivity index is 2.66. The normalized spacial score (nSPS) is 13.2. The molecule has 1 aromatic carbocycles. The maximum Gasteiger partial charge on any atom is 0.222 e. The Kier molecular flexibility index (Phi) is 5.14. The van der Waals surface area contributed by atoms with Gasteiger partial charge in [0.15, 0.2) is 0 Å². The Hall–Kier alpha value is -1.09. The second-order valence-corrected chi connectivity index (χ2v) is 10.8. The van der Waals surface area contributed by atoms with Gasteiger partial charge in [-0.05, 0) is 12.0 Å². The molecule has 3 heteroatoms. The van der Waals surface area contributed by atoms with Gasteiger partial charge in [0.05, 0.1) is 8.07 Å². The number of carbonyl (C=O) groups is 1. The van der Waals surface area contributed by atoms with E-state index in [2.05, 4.69) is 50.3 Å². The first-order valence-electron chi connectivity index (χ1n) is 6.61. The van der Waals surface area contributed by atoms with Crippen molar-refractivity contribution < 1.29 is 4.79 Å². The maximum atomic E-state index is 11.7. The zero-order valence-corrected chi connectivity index (χ0v) is 13.2. The lowest BCUT2D eigenvalue weighted by molar-refractivity contribution is -0.128. The highest BCUT2D eigenvalue weighted by Crippen LogP contribution is 2.26. The molecule has 1 atom stereocenters. The van der Waals surface area contributed by atoms with Crippen molar-refractivity contribution in [2.45, 2.75) is 38.4 Å². The van der Waals surface area contributed by atoms with Gasteiger partial charge in [0.1, 0.15) is 0 Å². The van der Waals surface area contributed by atoms with Crippen LogP contribution < -0.4 is 5.19 Å². The Bertz CT molecular complexity index is 387. The van der Waals surface area contributed by atoms with Crippen LogP contribution in [0, 0.1) is 0 Å². The molecule has 0 saturated heterocycles. The van der Waals surface area contributed by atoms with E-state index in [9.17, 15) is 4.79 Å². The van der Waals surface area contributed by atoms with Crippen LogP contribution in [0.15, 0.2) is 30.3 Å². The average molecular weight is 263 g/mol. The lowest BCUT2D eigenvalue weighted by atomic mass is 10.2. The molecular weight excluding hydrogens is 238 g/mol.